The van der Waals surface area contributed by atoms with Gasteiger partial charge in [0.25, 0.3) is 5.91 Å². The molecule has 2 aromatic heterocycles. The van der Waals surface area contributed by atoms with Gasteiger partial charge >= 0.3 is 0 Å². The highest BCUT2D eigenvalue weighted by atomic mass is 16.2. The summed E-state index contributed by atoms with van der Waals surface area (Å²) in [6.45, 7) is 1.97. The number of para-hydroxylation sites is 1. The first-order valence-electron chi connectivity index (χ1n) is 10.1. The molecule has 0 spiro atoms. The number of carbonyl (C=O) groups excluding carboxylic acids is 1. The lowest BCUT2D eigenvalue weighted by Crippen LogP contribution is -2.40. The molecule has 30 heavy (non-hydrogen) atoms. The second-order valence-corrected chi connectivity index (χ2v) is 7.83. The van der Waals surface area contributed by atoms with Gasteiger partial charge in [-0.2, -0.15) is 20.3 Å². The number of nitrogens with one attached hydrogen (secondary N) is 1. The first kappa shape index (κ1) is 18.3. The number of carbonyl (C=O) groups is 1. The van der Waals surface area contributed by atoms with Gasteiger partial charge in [-0.25, -0.2) is 4.98 Å². The quantitative estimate of drug-likeness (QED) is 0.724. The van der Waals surface area contributed by atoms with Crippen molar-refractivity contribution in [2.75, 3.05) is 5.32 Å². The topological polar surface area (TPSA) is 99.7 Å². The molecule has 2 saturated heterocycles. The zero-order valence-corrected chi connectivity index (χ0v) is 16.6. The number of fused-ring (bicyclic) bond motifs is 2. The van der Waals surface area contributed by atoms with E-state index in [9.17, 15) is 4.79 Å². The Hall–Kier alpha value is -3.73. The van der Waals surface area contributed by atoms with Crippen molar-refractivity contribution in [1.82, 2.24) is 24.9 Å². The largest absolute Gasteiger partial charge is 0.365 e. The van der Waals surface area contributed by atoms with Gasteiger partial charge in [0.2, 0.25) is 0 Å². The molecule has 2 fully saturated rings. The van der Waals surface area contributed by atoms with Gasteiger partial charge in [0.15, 0.2) is 0 Å². The predicted octanol–water partition coefficient (Wildman–Crippen LogP) is 2.70. The summed E-state index contributed by atoms with van der Waals surface area (Å²) >= 11 is 0. The fraction of sp³-hybridized carbons (Fsp3) is 0.318. The maximum atomic E-state index is 13.6. The number of pyridine rings is 1. The molecule has 8 heteroatoms. The van der Waals surface area contributed by atoms with E-state index in [2.05, 4.69) is 26.6 Å². The number of nitrogens with zero attached hydrogens (tertiary/aromatic N) is 6. The summed E-state index contributed by atoms with van der Waals surface area (Å²) in [6, 6.07) is 11.8. The van der Waals surface area contributed by atoms with E-state index in [0.29, 0.717) is 11.1 Å². The molecule has 1 amide bonds. The van der Waals surface area contributed by atoms with E-state index in [0.717, 1.165) is 36.3 Å². The molecule has 0 radical (unpaired) electrons. The number of benzene rings is 1. The minimum atomic E-state index is 0.0237. The highest BCUT2D eigenvalue weighted by molar-refractivity contribution is 5.99. The summed E-state index contributed by atoms with van der Waals surface area (Å²) in [6.07, 6.45) is 7.66. The monoisotopic (exact) mass is 399 g/mol. The third kappa shape index (κ3) is 2.99. The maximum Gasteiger partial charge on any atom is 0.256 e. The summed E-state index contributed by atoms with van der Waals surface area (Å²) in [4.78, 5) is 21.5. The average Bonchev–Trinajstić information content (AvgIpc) is 3.50. The van der Waals surface area contributed by atoms with E-state index in [-0.39, 0.29) is 24.0 Å². The SMILES string of the molecule is Cc1cccc(C(=O)N2[C@@H]3CC[C@H]2[C@H](Nc2ccc(C#N)cn2)C3)c1-n1nccn1. The Balaban J connectivity index is 1.41. The van der Waals surface area contributed by atoms with E-state index in [4.69, 9.17) is 5.26 Å². The lowest BCUT2D eigenvalue weighted by Gasteiger charge is -2.26. The van der Waals surface area contributed by atoms with E-state index in [1.165, 1.54) is 4.80 Å². The first-order valence-corrected chi connectivity index (χ1v) is 10.1. The Morgan fingerprint density at radius 1 is 1.20 bits per heavy atom. The lowest BCUT2D eigenvalue weighted by atomic mass is 9.95. The number of amides is 1. The van der Waals surface area contributed by atoms with Crippen molar-refractivity contribution in [2.24, 2.45) is 0 Å². The summed E-state index contributed by atoms with van der Waals surface area (Å²) < 4.78 is 0. The van der Waals surface area contributed by atoms with Crippen LogP contribution in [0.15, 0.2) is 48.9 Å². The van der Waals surface area contributed by atoms with Crippen molar-refractivity contribution in [2.45, 2.75) is 44.3 Å². The molecule has 2 bridgehead atoms. The van der Waals surface area contributed by atoms with E-state index >= 15 is 0 Å². The van der Waals surface area contributed by atoms with Crippen molar-refractivity contribution in [3.8, 4) is 11.8 Å². The molecule has 150 valence electrons. The summed E-state index contributed by atoms with van der Waals surface area (Å²) in [7, 11) is 0. The van der Waals surface area contributed by atoms with Gasteiger partial charge in [-0.1, -0.05) is 12.1 Å². The molecule has 0 aliphatic carbocycles. The Kier molecular flexibility index (Phi) is 4.43. The number of hydrogen-bond donors (Lipinski definition) is 1. The van der Waals surface area contributed by atoms with Crippen LogP contribution < -0.4 is 5.32 Å². The Labute approximate surface area is 174 Å². The number of hydrogen-bond acceptors (Lipinski definition) is 6. The van der Waals surface area contributed by atoms with Crippen LogP contribution in [-0.2, 0) is 0 Å². The fourth-order valence-electron chi connectivity index (χ4n) is 4.76. The standard InChI is InChI=1S/C22H21N7O/c1-14-3-2-4-17(21(14)29-25-9-10-26-29)22(30)28-16-6-7-19(28)18(11-16)27-20-8-5-15(12-23)13-24-20/h2-5,8-10,13,16,18-19H,6-7,11H2,1H3,(H,24,27)/t16-,18-,19+/m1/s1. The van der Waals surface area contributed by atoms with Crippen LogP contribution in [0.4, 0.5) is 5.82 Å². The van der Waals surface area contributed by atoms with Gasteiger partial charge < -0.3 is 10.2 Å². The number of aromatic nitrogens is 4. The fourth-order valence-corrected chi connectivity index (χ4v) is 4.76. The van der Waals surface area contributed by atoms with Gasteiger partial charge in [-0.3, -0.25) is 4.79 Å². The predicted molar refractivity (Wildman–Crippen MR) is 110 cm³/mol. The van der Waals surface area contributed by atoms with Gasteiger partial charge in [0.1, 0.15) is 17.6 Å². The molecule has 0 unspecified atom stereocenters. The van der Waals surface area contributed by atoms with Crippen molar-refractivity contribution < 1.29 is 4.79 Å². The van der Waals surface area contributed by atoms with Crippen LogP contribution in [-0.4, -0.2) is 48.9 Å². The molecule has 0 saturated carbocycles. The van der Waals surface area contributed by atoms with Crippen LogP contribution in [0.2, 0.25) is 0 Å². The van der Waals surface area contributed by atoms with Crippen LogP contribution in [0.5, 0.6) is 0 Å². The van der Waals surface area contributed by atoms with Gasteiger partial charge in [0.05, 0.1) is 29.6 Å². The highest BCUT2D eigenvalue weighted by Crippen LogP contribution is 2.40. The van der Waals surface area contributed by atoms with Crippen LogP contribution in [0.1, 0.15) is 40.7 Å². The van der Waals surface area contributed by atoms with E-state index in [1.54, 1.807) is 24.7 Å². The Morgan fingerprint density at radius 2 is 2.03 bits per heavy atom. The zero-order valence-electron chi connectivity index (χ0n) is 16.6. The number of nitriles is 1. The molecule has 2 aliphatic heterocycles. The van der Waals surface area contributed by atoms with Crippen LogP contribution in [0.25, 0.3) is 5.69 Å². The van der Waals surface area contributed by atoms with Crippen molar-refractivity contribution >= 4 is 11.7 Å². The maximum absolute atomic E-state index is 13.6. The Bertz CT molecular complexity index is 1120. The van der Waals surface area contributed by atoms with Crippen LogP contribution >= 0.6 is 0 Å². The normalized spacial score (nSPS) is 22.1. The molecule has 1 N–H and O–H groups in total. The number of aryl methyl sites for hydroxylation is 1. The highest BCUT2D eigenvalue weighted by Gasteiger charge is 2.49. The average molecular weight is 399 g/mol. The third-order valence-electron chi connectivity index (χ3n) is 6.08. The molecule has 5 rings (SSSR count). The number of anilines is 1. The molecule has 3 atom stereocenters. The molecule has 2 aliphatic rings. The Morgan fingerprint density at radius 3 is 2.77 bits per heavy atom. The van der Waals surface area contributed by atoms with Crippen LogP contribution in [0.3, 0.4) is 0 Å². The van der Waals surface area contributed by atoms with Gasteiger partial charge in [-0.05, 0) is 49.9 Å². The summed E-state index contributed by atoms with van der Waals surface area (Å²) in [5.41, 5.74) is 2.85. The molecular formula is C22H21N7O. The molecule has 3 aromatic rings. The second-order valence-electron chi connectivity index (χ2n) is 7.83. The van der Waals surface area contributed by atoms with E-state index in [1.807, 2.05) is 36.1 Å². The molecule has 1 aromatic carbocycles. The molecule has 4 heterocycles. The van der Waals surface area contributed by atoms with Gasteiger partial charge in [0, 0.05) is 18.3 Å². The van der Waals surface area contributed by atoms with Crippen molar-refractivity contribution in [1.29, 1.82) is 5.26 Å². The van der Waals surface area contributed by atoms with Gasteiger partial charge in [-0.15, -0.1) is 0 Å². The van der Waals surface area contributed by atoms with E-state index < -0.39 is 0 Å². The minimum absolute atomic E-state index is 0.0237. The molecular weight excluding hydrogens is 378 g/mol. The van der Waals surface area contributed by atoms with Crippen LogP contribution in [0, 0.1) is 18.3 Å². The summed E-state index contributed by atoms with van der Waals surface area (Å²) in [5.74, 6) is 0.756. The van der Waals surface area contributed by atoms with Crippen molar-refractivity contribution in [3.63, 3.8) is 0 Å². The number of rotatable bonds is 4. The zero-order chi connectivity index (χ0) is 20.7. The first-order chi connectivity index (χ1) is 14.7. The molecule has 8 nitrogen and oxygen atoms in total. The lowest BCUT2D eigenvalue weighted by molar-refractivity contribution is 0.0727. The summed E-state index contributed by atoms with van der Waals surface area (Å²) in [5, 5.41) is 20.9. The smallest absolute Gasteiger partial charge is 0.256 e. The second kappa shape index (κ2) is 7.26. The van der Waals surface area contributed by atoms with Crippen molar-refractivity contribution in [3.05, 3.63) is 65.6 Å². The minimum Gasteiger partial charge on any atom is -0.365 e. The third-order valence-corrected chi connectivity index (χ3v) is 6.08.